The Kier molecular flexibility index (Phi) is 5.45. The lowest BCUT2D eigenvalue weighted by molar-refractivity contribution is 0.0273. The Labute approximate surface area is 110 Å². The minimum atomic E-state index is 0.00778. The maximum Gasteiger partial charge on any atom is 0.126 e. The Morgan fingerprint density at radius 2 is 1.94 bits per heavy atom. The van der Waals surface area contributed by atoms with Crippen LogP contribution in [0.25, 0.3) is 0 Å². The van der Waals surface area contributed by atoms with Crippen LogP contribution in [0.3, 0.4) is 0 Å². The molecule has 1 heterocycles. The molecule has 0 radical (unpaired) electrons. The van der Waals surface area contributed by atoms with Gasteiger partial charge in [0.2, 0.25) is 0 Å². The molecule has 0 aromatic rings. The lowest BCUT2D eigenvalue weighted by Crippen LogP contribution is -2.48. The zero-order chi connectivity index (χ0) is 12.8. The summed E-state index contributed by atoms with van der Waals surface area (Å²) in [5.41, 5.74) is 0. The number of morpholine rings is 1. The van der Waals surface area contributed by atoms with Crippen molar-refractivity contribution in [3.63, 3.8) is 0 Å². The molecule has 4 heteroatoms. The third-order valence-corrected chi connectivity index (χ3v) is 4.05. The van der Waals surface area contributed by atoms with Crippen molar-refractivity contribution in [1.29, 1.82) is 5.41 Å². The second kappa shape index (κ2) is 7.10. The van der Waals surface area contributed by atoms with E-state index in [1.54, 1.807) is 0 Å². The molecule has 1 aliphatic heterocycles. The van der Waals surface area contributed by atoms with Crippen LogP contribution in [0.1, 0.15) is 39.0 Å². The van der Waals surface area contributed by atoms with Crippen molar-refractivity contribution in [3.05, 3.63) is 0 Å². The van der Waals surface area contributed by atoms with Crippen LogP contribution in [0.4, 0.5) is 0 Å². The molecule has 0 aromatic carbocycles. The van der Waals surface area contributed by atoms with E-state index in [4.69, 9.17) is 14.9 Å². The van der Waals surface area contributed by atoms with Crippen LogP contribution in [0.15, 0.2) is 0 Å². The van der Waals surface area contributed by atoms with Crippen LogP contribution >= 0.6 is 0 Å². The summed E-state index contributed by atoms with van der Waals surface area (Å²) in [5.74, 6) is 1.24. The van der Waals surface area contributed by atoms with Gasteiger partial charge in [0.15, 0.2) is 0 Å². The molecule has 2 aliphatic rings. The van der Waals surface area contributed by atoms with Crippen molar-refractivity contribution < 1.29 is 9.47 Å². The van der Waals surface area contributed by atoms with Gasteiger partial charge in [-0.2, -0.15) is 0 Å². The SMILES string of the molecule is CCOC(C(=N)N1CCOCC1)C1CCCCC1. The van der Waals surface area contributed by atoms with Gasteiger partial charge in [0, 0.05) is 19.7 Å². The van der Waals surface area contributed by atoms with Crippen molar-refractivity contribution in [1.82, 2.24) is 4.90 Å². The number of ether oxygens (including phenoxy) is 2. The Morgan fingerprint density at radius 1 is 1.28 bits per heavy atom. The highest BCUT2D eigenvalue weighted by atomic mass is 16.5. The second-order valence-electron chi connectivity index (χ2n) is 5.26. The highest BCUT2D eigenvalue weighted by molar-refractivity contribution is 5.84. The first-order chi connectivity index (χ1) is 8.83. The van der Waals surface area contributed by atoms with Gasteiger partial charge in [0.1, 0.15) is 11.9 Å². The molecular formula is C14H26N2O2. The normalized spacial score (nSPS) is 23.9. The average molecular weight is 254 g/mol. The fraction of sp³-hybridized carbons (Fsp3) is 0.929. The highest BCUT2D eigenvalue weighted by Gasteiger charge is 2.30. The molecule has 2 rings (SSSR count). The first-order valence-corrected chi connectivity index (χ1v) is 7.35. The highest BCUT2D eigenvalue weighted by Crippen LogP contribution is 2.29. The largest absolute Gasteiger partial charge is 0.378 e. The minimum absolute atomic E-state index is 0.00778. The molecule has 18 heavy (non-hydrogen) atoms. The summed E-state index contributed by atoms with van der Waals surface area (Å²) in [5, 5.41) is 8.43. The summed E-state index contributed by atoms with van der Waals surface area (Å²) < 4.78 is 11.2. The van der Waals surface area contributed by atoms with Crippen LogP contribution < -0.4 is 0 Å². The first-order valence-electron chi connectivity index (χ1n) is 7.35. The van der Waals surface area contributed by atoms with E-state index in [2.05, 4.69) is 4.90 Å². The minimum Gasteiger partial charge on any atom is -0.378 e. The summed E-state index contributed by atoms with van der Waals surface area (Å²) in [6.45, 7) is 5.90. The molecular weight excluding hydrogens is 228 g/mol. The number of nitrogens with one attached hydrogen (secondary N) is 1. The topological polar surface area (TPSA) is 45.5 Å². The Bertz CT molecular complexity index is 259. The monoisotopic (exact) mass is 254 g/mol. The standard InChI is InChI=1S/C14H26N2O2/c1-2-18-13(12-6-4-3-5-7-12)14(15)16-8-10-17-11-9-16/h12-13,15H,2-11H2,1H3. The molecule has 4 nitrogen and oxygen atoms in total. The maximum atomic E-state index is 8.43. The molecule has 2 fully saturated rings. The quantitative estimate of drug-likeness (QED) is 0.618. The molecule has 0 bridgehead atoms. The molecule has 0 amide bonds. The zero-order valence-corrected chi connectivity index (χ0v) is 11.5. The van der Waals surface area contributed by atoms with Gasteiger partial charge < -0.3 is 14.4 Å². The molecule has 104 valence electrons. The van der Waals surface area contributed by atoms with Crippen LogP contribution in [0.2, 0.25) is 0 Å². The van der Waals surface area contributed by atoms with Gasteiger partial charge in [0.05, 0.1) is 13.2 Å². The first kappa shape index (κ1) is 13.8. The van der Waals surface area contributed by atoms with E-state index in [1.165, 1.54) is 32.1 Å². The van der Waals surface area contributed by atoms with Crippen molar-refractivity contribution in [2.24, 2.45) is 5.92 Å². The number of nitrogens with zero attached hydrogens (tertiary/aromatic N) is 1. The predicted octanol–water partition coefficient (Wildman–Crippen LogP) is 2.28. The van der Waals surface area contributed by atoms with Crippen molar-refractivity contribution in [3.8, 4) is 0 Å². The summed E-state index contributed by atoms with van der Waals surface area (Å²) in [7, 11) is 0. The van der Waals surface area contributed by atoms with Gasteiger partial charge in [-0.15, -0.1) is 0 Å². The molecule has 1 aliphatic carbocycles. The van der Waals surface area contributed by atoms with Gasteiger partial charge in [-0.1, -0.05) is 19.3 Å². The predicted molar refractivity (Wildman–Crippen MR) is 72.1 cm³/mol. The molecule has 1 N–H and O–H groups in total. The Balaban J connectivity index is 1.96. The summed E-state index contributed by atoms with van der Waals surface area (Å²) in [4.78, 5) is 2.14. The third kappa shape index (κ3) is 3.45. The van der Waals surface area contributed by atoms with Crippen LogP contribution in [-0.4, -0.2) is 49.7 Å². The van der Waals surface area contributed by atoms with Gasteiger partial charge in [0.25, 0.3) is 0 Å². The van der Waals surface area contributed by atoms with Crippen molar-refractivity contribution in [2.75, 3.05) is 32.9 Å². The number of hydrogen-bond acceptors (Lipinski definition) is 3. The average Bonchev–Trinajstić information content (AvgIpc) is 2.46. The zero-order valence-electron chi connectivity index (χ0n) is 11.5. The molecule has 0 spiro atoms. The fourth-order valence-corrected chi connectivity index (χ4v) is 3.04. The van der Waals surface area contributed by atoms with E-state index in [0.29, 0.717) is 18.4 Å². The van der Waals surface area contributed by atoms with Crippen molar-refractivity contribution in [2.45, 2.75) is 45.1 Å². The lowest BCUT2D eigenvalue weighted by Gasteiger charge is -2.37. The van der Waals surface area contributed by atoms with Crippen molar-refractivity contribution >= 4 is 5.84 Å². The molecule has 1 saturated heterocycles. The summed E-state index contributed by atoms with van der Waals surface area (Å²) >= 11 is 0. The van der Waals surface area contributed by atoms with Gasteiger partial charge in [-0.3, -0.25) is 5.41 Å². The second-order valence-corrected chi connectivity index (χ2v) is 5.26. The van der Waals surface area contributed by atoms with Crippen LogP contribution in [0, 0.1) is 11.3 Å². The molecule has 1 saturated carbocycles. The van der Waals surface area contributed by atoms with E-state index in [0.717, 1.165) is 26.3 Å². The van der Waals surface area contributed by atoms with E-state index >= 15 is 0 Å². The molecule has 1 unspecified atom stereocenters. The number of hydrogen-bond donors (Lipinski definition) is 1. The van der Waals surface area contributed by atoms with Gasteiger partial charge in [-0.25, -0.2) is 0 Å². The van der Waals surface area contributed by atoms with Gasteiger partial charge in [-0.05, 0) is 25.7 Å². The van der Waals surface area contributed by atoms with E-state index < -0.39 is 0 Å². The lowest BCUT2D eigenvalue weighted by atomic mass is 9.84. The van der Waals surface area contributed by atoms with Crippen LogP contribution in [0.5, 0.6) is 0 Å². The number of amidine groups is 1. The van der Waals surface area contributed by atoms with Crippen LogP contribution in [-0.2, 0) is 9.47 Å². The maximum absolute atomic E-state index is 8.43. The van der Waals surface area contributed by atoms with E-state index in [-0.39, 0.29) is 6.10 Å². The summed E-state index contributed by atoms with van der Waals surface area (Å²) in [6, 6.07) is 0. The molecule has 1 atom stereocenters. The molecule has 0 aromatic heterocycles. The smallest absolute Gasteiger partial charge is 0.126 e. The van der Waals surface area contributed by atoms with E-state index in [1.807, 2.05) is 6.92 Å². The summed E-state index contributed by atoms with van der Waals surface area (Å²) in [6.07, 6.45) is 6.39. The Hall–Kier alpha value is -0.610. The number of rotatable bonds is 4. The Morgan fingerprint density at radius 3 is 2.56 bits per heavy atom. The van der Waals surface area contributed by atoms with Gasteiger partial charge >= 0.3 is 0 Å². The fourth-order valence-electron chi connectivity index (χ4n) is 3.04. The van der Waals surface area contributed by atoms with E-state index in [9.17, 15) is 0 Å². The third-order valence-electron chi connectivity index (χ3n) is 4.05.